The summed E-state index contributed by atoms with van der Waals surface area (Å²) in [6, 6.07) is 22.3. The van der Waals surface area contributed by atoms with Crippen LogP contribution in [0.1, 0.15) is 49.7 Å². The number of benzene rings is 2. The van der Waals surface area contributed by atoms with E-state index in [4.69, 9.17) is 12.2 Å². The van der Waals surface area contributed by atoms with Crippen molar-refractivity contribution in [3.05, 3.63) is 96.6 Å². The van der Waals surface area contributed by atoms with Crippen LogP contribution in [0, 0.1) is 0 Å². The van der Waals surface area contributed by atoms with Crippen molar-refractivity contribution in [1.29, 1.82) is 0 Å². The van der Waals surface area contributed by atoms with Gasteiger partial charge >= 0.3 is 0 Å². The van der Waals surface area contributed by atoms with Gasteiger partial charge < -0.3 is 20.1 Å². The summed E-state index contributed by atoms with van der Waals surface area (Å²) in [6.45, 7) is 4.82. The van der Waals surface area contributed by atoms with Crippen LogP contribution >= 0.6 is 12.2 Å². The summed E-state index contributed by atoms with van der Waals surface area (Å²) >= 11 is 5.75. The minimum atomic E-state index is -0.0900. The number of carbonyl (C=O) groups is 1. The molecule has 1 amide bonds. The van der Waals surface area contributed by atoms with E-state index in [2.05, 4.69) is 57.4 Å². The van der Waals surface area contributed by atoms with Gasteiger partial charge in [0.1, 0.15) is 0 Å². The maximum atomic E-state index is 13.0. The molecule has 1 aliphatic heterocycles. The Morgan fingerprint density at radius 2 is 1.89 bits per heavy atom. The molecule has 2 aromatic carbocycles. The number of hydrogen-bond donors (Lipinski definition) is 2. The highest BCUT2D eigenvalue weighted by Gasteiger charge is 2.40. The van der Waals surface area contributed by atoms with Crippen LogP contribution in [0.4, 0.5) is 5.69 Å². The Balaban J connectivity index is 1.36. The average molecular weight is 484 g/mol. The maximum absolute atomic E-state index is 13.0. The third kappa shape index (κ3) is 4.77. The van der Waals surface area contributed by atoms with Gasteiger partial charge in [-0.15, -0.1) is 0 Å². The van der Waals surface area contributed by atoms with Gasteiger partial charge in [-0.1, -0.05) is 42.5 Å². The number of rotatable bonds is 7. The Morgan fingerprint density at radius 1 is 1.09 bits per heavy atom. The molecular formula is C28H29N5OS. The molecule has 5 rings (SSSR count). The van der Waals surface area contributed by atoms with E-state index in [1.54, 1.807) is 6.20 Å². The SMILES string of the molecule is CC(C)n1ccc([C@@H]2[C@@H](c3ccccn3)NC(=S)N2CCC(=O)Nc2cccc3ccccc23)c1. The van der Waals surface area contributed by atoms with E-state index in [0.717, 1.165) is 27.7 Å². The van der Waals surface area contributed by atoms with E-state index in [9.17, 15) is 4.79 Å². The fourth-order valence-corrected chi connectivity index (χ4v) is 5.04. The third-order valence-corrected chi connectivity index (χ3v) is 6.87. The third-order valence-electron chi connectivity index (χ3n) is 6.52. The molecule has 0 spiro atoms. The molecule has 6 nitrogen and oxygen atoms in total. The number of aromatic nitrogens is 2. The van der Waals surface area contributed by atoms with Gasteiger partial charge in [-0.2, -0.15) is 0 Å². The number of anilines is 1. The molecule has 2 aromatic heterocycles. The van der Waals surface area contributed by atoms with Crippen LogP contribution in [0.25, 0.3) is 10.8 Å². The van der Waals surface area contributed by atoms with Gasteiger partial charge in [-0.3, -0.25) is 9.78 Å². The first-order valence-corrected chi connectivity index (χ1v) is 12.3. The van der Waals surface area contributed by atoms with E-state index >= 15 is 0 Å². The molecule has 0 bridgehead atoms. The molecule has 0 unspecified atom stereocenters. The summed E-state index contributed by atoms with van der Waals surface area (Å²) in [5.41, 5.74) is 2.91. The second kappa shape index (κ2) is 9.88. The minimum absolute atomic E-state index is 0.0380. The van der Waals surface area contributed by atoms with Crippen LogP contribution in [-0.2, 0) is 4.79 Å². The largest absolute Gasteiger partial charge is 0.352 e. The first-order valence-electron chi connectivity index (χ1n) is 11.9. The standard InChI is InChI=1S/C28H29N5OS/c1-19(2)32-16-13-21(18-32)27-26(24-11-5-6-15-29-24)31-28(35)33(27)17-14-25(34)30-23-12-7-9-20-8-3-4-10-22(20)23/h3-13,15-16,18-19,26-27H,14,17H2,1-2H3,(H,30,34)(H,31,35)/t26-,27-/m1/s1. The molecule has 0 saturated carbocycles. The van der Waals surface area contributed by atoms with Crippen molar-refractivity contribution in [3.8, 4) is 0 Å². The zero-order chi connectivity index (χ0) is 24.4. The van der Waals surface area contributed by atoms with Crippen molar-refractivity contribution in [3.63, 3.8) is 0 Å². The molecule has 0 radical (unpaired) electrons. The molecule has 3 heterocycles. The molecule has 0 aliphatic carbocycles. The lowest BCUT2D eigenvalue weighted by atomic mass is 9.99. The van der Waals surface area contributed by atoms with Crippen molar-refractivity contribution < 1.29 is 4.79 Å². The molecule has 1 saturated heterocycles. The van der Waals surface area contributed by atoms with Gasteiger partial charge in [0.05, 0.1) is 17.8 Å². The normalized spacial score (nSPS) is 17.7. The fraction of sp³-hybridized carbons (Fsp3) is 0.250. The minimum Gasteiger partial charge on any atom is -0.352 e. The predicted molar refractivity (Wildman–Crippen MR) is 144 cm³/mol. The number of pyridine rings is 1. The van der Waals surface area contributed by atoms with Gasteiger partial charge in [0.2, 0.25) is 5.91 Å². The Hall–Kier alpha value is -3.71. The van der Waals surface area contributed by atoms with E-state index in [-0.39, 0.29) is 18.0 Å². The second-order valence-corrected chi connectivity index (χ2v) is 9.52. The van der Waals surface area contributed by atoms with Crippen LogP contribution in [0.15, 0.2) is 85.3 Å². The number of thiocarbonyl (C=S) groups is 1. The van der Waals surface area contributed by atoms with Gasteiger partial charge in [-0.05, 0) is 61.3 Å². The van der Waals surface area contributed by atoms with E-state index in [0.29, 0.717) is 24.1 Å². The Labute approximate surface area is 211 Å². The first kappa shape index (κ1) is 23.1. The zero-order valence-electron chi connectivity index (χ0n) is 19.9. The Kier molecular flexibility index (Phi) is 6.51. The molecule has 35 heavy (non-hydrogen) atoms. The van der Waals surface area contributed by atoms with E-state index in [1.165, 1.54) is 0 Å². The molecule has 2 atom stereocenters. The summed E-state index contributed by atoms with van der Waals surface area (Å²) in [4.78, 5) is 19.7. The summed E-state index contributed by atoms with van der Waals surface area (Å²) in [5.74, 6) is -0.0380. The quantitative estimate of drug-likeness (QED) is 0.334. The lowest BCUT2D eigenvalue weighted by Gasteiger charge is -2.27. The van der Waals surface area contributed by atoms with Crippen molar-refractivity contribution >= 4 is 39.7 Å². The number of carbonyl (C=O) groups excluding carboxylic acids is 1. The van der Waals surface area contributed by atoms with Gasteiger partial charge in [-0.25, -0.2) is 0 Å². The van der Waals surface area contributed by atoms with Crippen LogP contribution in [0.2, 0.25) is 0 Å². The highest BCUT2D eigenvalue weighted by atomic mass is 32.1. The van der Waals surface area contributed by atoms with Gasteiger partial charge in [0.25, 0.3) is 0 Å². The summed E-state index contributed by atoms with van der Waals surface area (Å²) in [7, 11) is 0. The predicted octanol–water partition coefficient (Wildman–Crippen LogP) is 5.62. The topological polar surface area (TPSA) is 62.2 Å². The van der Waals surface area contributed by atoms with Crippen molar-refractivity contribution in [2.45, 2.75) is 38.4 Å². The summed E-state index contributed by atoms with van der Waals surface area (Å²) < 4.78 is 2.19. The summed E-state index contributed by atoms with van der Waals surface area (Å²) in [5, 5.41) is 9.33. The molecule has 1 aliphatic rings. The van der Waals surface area contributed by atoms with Crippen LogP contribution in [0.5, 0.6) is 0 Å². The summed E-state index contributed by atoms with van der Waals surface area (Å²) in [6.07, 6.45) is 6.39. The number of hydrogen-bond acceptors (Lipinski definition) is 3. The lowest BCUT2D eigenvalue weighted by molar-refractivity contribution is -0.116. The number of nitrogens with zero attached hydrogens (tertiary/aromatic N) is 3. The van der Waals surface area contributed by atoms with Crippen molar-refractivity contribution in [1.82, 2.24) is 19.8 Å². The van der Waals surface area contributed by atoms with Crippen LogP contribution in [0.3, 0.4) is 0 Å². The van der Waals surface area contributed by atoms with Crippen LogP contribution in [-0.4, -0.2) is 32.0 Å². The lowest BCUT2D eigenvalue weighted by Crippen LogP contribution is -2.32. The fourth-order valence-electron chi connectivity index (χ4n) is 4.71. The average Bonchev–Trinajstić information content (AvgIpc) is 3.48. The molecule has 1 fully saturated rings. The van der Waals surface area contributed by atoms with Gasteiger partial charge in [0, 0.05) is 48.7 Å². The van der Waals surface area contributed by atoms with Crippen molar-refractivity contribution in [2.75, 3.05) is 11.9 Å². The second-order valence-electron chi connectivity index (χ2n) is 9.13. The molecule has 2 N–H and O–H groups in total. The molecular weight excluding hydrogens is 454 g/mol. The molecule has 178 valence electrons. The van der Waals surface area contributed by atoms with E-state index in [1.807, 2.05) is 60.7 Å². The van der Waals surface area contributed by atoms with Crippen molar-refractivity contribution in [2.24, 2.45) is 0 Å². The highest BCUT2D eigenvalue weighted by molar-refractivity contribution is 7.80. The monoisotopic (exact) mass is 483 g/mol. The maximum Gasteiger partial charge on any atom is 0.226 e. The van der Waals surface area contributed by atoms with Crippen LogP contribution < -0.4 is 10.6 Å². The first-order chi connectivity index (χ1) is 17.0. The highest BCUT2D eigenvalue weighted by Crippen LogP contribution is 2.39. The van der Waals surface area contributed by atoms with Gasteiger partial charge in [0.15, 0.2) is 5.11 Å². The Bertz CT molecular complexity index is 1340. The molecule has 4 aromatic rings. The zero-order valence-corrected chi connectivity index (χ0v) is 20.7. The number of nitrogens with one attached hydrogen (secondary N) is 2. The van der Waals surface area contributed by atoms with E-state index < -0.39 is 0 Å². The number of fused-ring (bicyclic) bond motifs is 1. The Morgan fingerprint density at radius 3 is 2.66 bits per heavy atom. The number of amides is 1. The molecule has 7 heteroatoms. The smallest absolute Gasteiger partial charge is 0.226 e.